The molecule has 0 heterocycles. The Kier molecular flexibility index (Phi) is 4.55. The lowest BCUT2D eigenvalue weighted by molar-refractivity contribution is -0.385. The molecular weight excluding hydrogens is 304 g/mol. The molecule has 8 nitrogen and oxygen atoms in total. The first kappa shape index (κ1) is 16.0. The number of rotatable bonds is 5. The summed E-state index contributed by atoms with van der Waals surface area (Å²) in [5.74, 6) is -1.49. The van der Waals surface area contributed by atoms with Gasteiger partial charge in [0.2, 0.25) is 5.91 Å². The van der Waals surface area contributed by atoms with Crippen molar-refractivity contribution < 1.29 is 24.4 Å². The molecule has 1 amide bonds. The minimum atomic E-state index is -0.791. The van der Waals surface area contributed by atoms with Crippen molar-refractivity contribution >= 4 is 17.6 Å². The van der Waals surface area contributed by atoms with Crippen LogP contribution in [0.25, 0.3) is 0 Å². The molecule has 0 fully saturated rings. The second-order valence-corrected chi connectivity index (χ2v) is 4.59. The number of phenols is 1. The number of nitrogens with two attached hydrogens (primary N) is 1. The Morgan fingerprint density at radius 2 is 1.74 bits per heavy atom. The number of nitro groups is 1. The molecule has 2 aromatic rings. The Hall–Kier alpha value is -3.42. The summed E-state index contributed by atoms with van der Waals surface area (Å²) in [6, 6.07) is 9.03. The van der Waals surface area contributed by atoms with Gasteiger partial charge in [-0.1, -0.05) is 0 Å². The first-order valence-corrected chi connectivity index (χ1v) is 6.42. The number of amides is 1. The number of esters is 1. The lowest BCUT2D eigenvalue weighted by atomic mass is 10.1. The fourth-order valence-electron chi connectivity index (χ4n) is 1.83. The van der Waals surface area contributed by atoms with E-state index in [4.69, 9.17) is 15.6 Å². The van der Waals surface area contributed by atoms with Crippen LogP contribution in [0.1, 0.15) is 26.3 Å². The minimum Gasteiger partial charge on any atom is -0.508 e. The van der Waals surface area contributed by atoms with Gasteiger partial charge in [0, 0.05) is 11.6 Å². The summed E-state index contributed by atoms with van der Waals surface area (Å²) in [6.45, 7) is -0.338. The fourth-order valence-corrected chi connectivity index (χ4v) is 1.83. The zero-order valence-corrected chi connectivity index (χ0v) is 11.8. The number of carbonyl (C=O) groups excluding carboxylic acids is 2. The van der Waals surface area contributed by atoms with E-state index in [-0.39, 0.29) is 34.7 Å². The zero-order chi connectivity index (χ0) is 17.0. The number of phenolic OH excluding ortho intramolecular Hbond substituents is 1. The maximum absolute atomic E-state index is 11.8. The van der Waals surface area contributed by atoms with Gasteiger partial charge in [-0.05, 0) is 36.4 Å². The molecule has 0 aliphatic heterocycles. The number of benzene rings is 2. The summed E-state index contributed by atoms with van der Waals surface area (Å²) in [5.41, 5.74) is 5.03. The summed E-state index contributed by atoms with van der Waals surface area (Å²) in [7, 11) is 0. The van der Waals surface area contributed by atoms with Crippen molar-refractivity contribution in [3.63, 3.8) is 0 Å². The number of ether oxygens (including phenoxy) is 1. The quantitative estimate of drug-likeness (QED) is 0.490. The van der Waals surface area contributed by atoms with Crippen LogP contribution < -0.4 is 5.73 Å². The molecule has 0 unspecified atom stereocenters. The van der Waals surface area contributed by atoms with E-state index in [1.54, 1.807) is 0 Å². The molecule has 0 aliphatic carbocycles. The van der Waals surface area contributed by atoms with Crippen LogP contribution in [0.4, 0.5) is 5.69 Å². The molecule has 8 heteroatoms. The summed E-state index contributed by atoms with van der Waals surface area (Å²) in [4.78, 5) is 33.2. The summed E-state index contributed by atoms with van der Waals surface area (Å²) < 4.78 is 5.00. The highest BCUT2D eigenvalue weighted by atomic mass is 16.6. The average molecular weight is 316 g/mol. The van der Waals surface area contributed by atoms with Crippen molar-refractivity contribution in [3.05, 3.63) is 69.3 Å². The Labute approximate surface area is 130 Å². The van der Waals surface area contributed by atoms with Gasteiger partial charge in [-0.3, -0.25) is 14.9 Å². The van der Waals surface area contributed by atoms with Crippen LogP contribution in [-0.4, -0.2) is 21.9 Å². The third-order valence-electron chi connectivity index (χ3n) is 3.03. The molecule has 118 valence electrons. The predicted octanol–water partition coefficient (Wildman–Crippen LogP) is 1.76. The highest BCUT2D eigenvalue weighted by Gasteiger charge is 2.18. The molecule has 0 spiro atoms. The SMILES string of the molecule is NC(=O)c1ccc(COC(=O)c2ccc(O)cc2)c([N+](=O)[O-])c1. The fraction of sp³-hybridized carbons (Fsp3) is 0.0667. The van der Waals surface area contributed by atoms with Crippen molar-refractivity contribution in [1.29, 1.82) is 0 Å². The van der Waals surface area contributed by atoms with Gasteiger partial charge in [0.25, 0.3) is 5.69 Å². The van der Waals surface area contributed by atoms with Crippen molar-refractivity contribution in [1.82, 2.24) is 0 Å². The number of primary amides is 1. The molecule has 0 aromatic heterocycles. The molecule has 0 aliphatic rings. The van der Waals surface area contributed by atoms with Gasteiger partial charge in [0.1, 0.15) is 12.4 Å². The predicted molar refractivity (Wildman–Crippen MR) is 78.8 cm³/mol. The Balaban J connectivity index is 2.16. The van der Waals surface area contributed by atoms with Crippen LogP contribution in [-0.2, 0) is 11.3 Å². The van der Waals surface area contributed by atoms with E-state index in [1.807, 2.05) is 0 Å². The van der Waals surface area contributed by atoms with Gasteiger partial charge in [0.05, 0.1) is 16.1 Å². The number of nitro benzene ring substituents is 1. The van der Waals surface area contributed by atoms with Gasteiger partial charge < -0.3 is 15.6 Å². The van der Waals surface area contributed by atoms with Gasteiger partial charge in [-0.2, -0.15) is 0 Å². The van der Waals surface area contributed by atoms with Crippen LogP contribution in [0.5, 0.6) is 5.75 Å². The first-order chi connectivity index (χ1) is 10.9. The van der Waals surface area contributed by atoms with E-state index in [1.165, 1.54) is 36.4 Å². The summed E-state index contributed by atoms with van der Waals surface area (Å²) >= 11 is 0. The van der Waals surface area contributed by atoms with Crippen molar-refractivity contribution in [2.45, 2.75) is 6.61 Å². The van der Waals surface area contributed by atoms with E-state index >= 15 is 0 Å². The molecule has 2 aromatic carbocycles. The van der Waals surface area contributed by atoms with E-state index in [0.717, 1.165) is 6.07 Å². The molecule has 23 heavy (non-hydrogen) atoms. The van der Waals surface area contributed by atoms with Crippen LogP contribution in [0.2, 0.25) is 0 Å². The number of aromatic hydroxyl groups is 1. The minimum absolute atomic E-state index is 0.000715. The standard InChI is InChI=1S/C15H12N2O6/c16-14(19)10-1-2-11(13(7-10)17(21)22)8-23-15(20)9-3-5-12(18)6-4-9/h1-7,18H,8H2,(H2,16,19). The van der Waals surface area contributed by atoms with Gasteiger partial charge >= 0.3 is 5.97 Å². The molecule has 3 N–H and O–H groups in total. The van der Waals surface area contributed by atoms with Crippen molar-refractivity contribution in [2.75, 3.05) is 0 Å². The van der Waals surface area contributed by atoms with Crippen LogP contribution in [0, 0.1) is 10.1 Å². The smallest absolute Gasteiger partial charge is 0.338 e. The largest absolute Gasteiger partial charge is 0.508 e. The van der Waals surface area contributed by atoms with Crippen LogP contribution >= 0.6 is 0 Å². The molecule has 0 saturated carbocycles. The lowest BCUT2D eigenvalue weighted by Gasteiger charge is -2.07. The number of hydrogen-bond donors (Lipinski definition) is 2. The topological polar surface area (TPSA) is 133 Å². The Morgan fingerprint density at radius 1 is 1.13 bits per heavy atom. The van der Waals surface area contributed by atoms with Crippen LogP contribution in [0.3, 0.4) is 0 Å². The highest BCUT2D eigenvalue weighted by Crippen LogP contribution is 2.22. The van der Waals surface area contributed by atoms with Crippen molar-refractivity contribution in [2.24, 2.45) is 5.73 Å². The monoisotopic (exact) mass is 316 g/mol. The number of carbonyl (C=O) groups is 2. The van der Waals surface area contributed by atoms with Gasteiger partial charge in [-0.25, -0.2) is 4.79 Å². The summed E-state index contributed by atoms with van der Waals surface area (Å²) in [5, 5.41) is 20.2. The highest BCUT2D eigenvalue weighted by molar-refractivity contribution is 5.93. The van der Waals surface area contributed by atoms with E-state index in [0.29, 0.717) is 0 Å². The van der Waals surface area contributed by atoms with E-state index in [9.17, 15) is 19.7 Å². The second-order valence-electron chi connectivity index (χ2n) is 4.59. The van der Waals surface area contributed by atoms with Gasteiger partial charge in [0.15, 0.2) is 0 Å². The Morgan fingerprint density at radius 3 is 2.30 bits per heavy atom. The Bertz CT molecular complexity index is 770. The second kappa shape index (κ2) is 6.56. The number of hydrogen-bond acceptors (Lipinski definition) is 6. The maximum Gasteiger partial charge on any atom is 0.338 e. The molecule has 0 atom stereocenters. The zero-order valence-electron chi connectivity index (χ0n) is 11.8. The summed E-state index contributed by atoms with van der Waals surface area (Å²) in [6.07, 6.45) is 0. The molecule has 0 saturated heterocycles. The molecule has 0 bridgehead atoms. The van der Waals surface area contributed by atoms with E-state index < -0.39 is 16.8 Å². The molecule has 0 radical (unpaired) electrons. The normalized spacial score (nSPS) is 10.1. The third kappa shape index (κ3) is 3.82. The van der Waals surface area contributed by atoms with Crippen molar-refractivity contribution in [3.8, 4) is 5.75 Å². The van der Waals surface area contributed by atoms with Gasteiger partial charge in [-0.15, -0.1) is 0 Å². The number of nitrogens with zero attached hydrogens (tertiary/aromatic N) is 1. The lowest BCUT2D eigenvalue weighted by Crippen LogP contribution is -2.12. The average Bonchev–Trinajstić information content (AvgIpc) is 2.52. The molecule has 2 rings (SSSR count). The van der Waals surface area contributed by atoms with Crippen LogP contribution in [0.15, 0.2) is 42.5 Å². The van der Waals surface area contributed by atoms with E-state index in [2.05, 4.69) is 0 Å². The molecular formula is C15H12N2O6. The maximum atomic E-state index is 11.8. The third-order valence-corrected chi connectivity index (χ3v) is 3.03. The first-order valence-electron chi connectivity index (χ1n) is 6.42.